The molecule has 0 N–H and O–H groups in total. The number of para-hydroxylation sites is 1. The second-order valence-electron chi connectivity index (χ2n) is 6.63. The molecule has 0 unspecified atom stereocenters. The molecule has 164 valence electrons. The summed E-state index contributed by atoms with van der Waals surface area (Å²) in [6.07, 6.45) is 0.108. The number of carbonyl (C=O) groups excluding carboxylic acids is 2. The van der Waals surface area contributed by atoms with Crippen molar-refractivity contribution in [2.45, 2.75) is 31.2 Å². The predicted molar refractivity (Wildman–Crippen MR) is 120 cm³/mol. The number of thiazole rings is 1. The topological polar surface area (TPSA) is 94.8 Å². The Morgan fingerprint density at radius 1 is 1.13 bits per heavy atom. The fourth-order valence-corrected chi connectivity index (χ4v) is 5.41. The van der Waals surface area contributed by atoms with Crippen LogP contribution < -0.4 is 4.80 Å². The minimum absolute atomic E-state index is 0.0273. The van der Waals surface area contributed by atoms with E-state index in [2.05, 4.69) is 4.99 Å². The van der Waals surface area contributed by atoms with E-state index >= 15 is 0 Å². The van der Waals surface area contributed by atoms with Crippen LogP contribution in [0.2, 0.25) is 5.02 Å². The Bertz CT molecular complexity index is 1260. The molecule has 1 heterocycles. The van der Waals surface area contributed by atoms with Gasteiger partial charge in [-0.15, -0.1) is 0 Å². The standard InChI is InChI=1S/C21H21ClN2O5S2/c1-2-29-20(26)14-24-17-6-3-4-7-18(17)30-21(24)23-19(25)8-5-13-31(27,28)16-11-9-15(22)10-12-16/h3-4,6-7,9-12H,2,5,8,13-14H2,1H3. The van der Waals surface area contributed by atoms with Gasteiger partial charge in [0.2, 0.25) is 5.91 Å². The zero-order valence-corrected chi connectivity index (χ0v) is 19.2. The molecule has 0 spiro atoms. The van der Waals surface area contributed by atoms with Crippen molar-refractivity contribution in [1.82, 2.24) is 4.57 Å². The summed E-state index contributed by atoms with van der Waals surface area (Å²) in [5.41, 5.74) is 0.775. The van der Waals surface area contributed by atoms with E-state index in [1.165, 1.54) is 35.6 Å². The van der Waals surface area contributed by atoms with E-state index in [9.17, 15) is 18.0 Å². The lowest BCUT2D eigenvalue weighted by atomic mass is 10.3. The average molecular weight is 481 g/mol. The lowest BCUT2D eigenvalue weighted by Gasteiger charge is -2.05. The number of amides is 1. The second kappa shape index (κ2) is 10.2. The number of ether oxygens (including phenoxy) is 1. The minimum Gasteiger partial charge on any atom is -0.465 e. The van der Waals surface area contributed by atoms with Gasteiger partial charge >= 0.3 is 5.97 Å². The maximum atomic E-state index is 12.4. The molecule has 0 atom stereocenters. The number of nitrogens with zero attached hydrogens (tertiary/aromatic N) is 2. The highest BCUT2D eigenvalue weighted by Crippen LogP contribution is 2.18. The van der Waals surface area contributed by atoms with Crippen LogP contribution in [0.3, 0.4) is 0 Å². The molecule has 0 aliphatic carbocycles. The van der Waals surface area contributed by atoms with E-state index in [1.54, 1.807) is 11.5 Å². The molecule has 0 aliphatic heterocycles. The first-order valence-corrected chi connectivity index (χ1v) is 12.4. The Kier molecular flexibility index (Phi) is 7.64. The largest absolute Gasteiger partial charge is 0.465 e. The molecule has 2 aromatic carbocycles. The third-order valence-corrected chi connectivity index (χ3v) is 7.51. The molecule has 31 heavy (non-hydrogen) atoms. The lowest BCUT2D eigenvalue weighted by molar-refractivity contribution is -0.143. The van der Waals surface area contributed by atoms with Crippen LogP contribution in [-0.4, -0.2) is 37.2 Å². The molecule has 1 aromatic heterocycles. The van der Waals surface area contributed by atoms with E-state index in [4.69, 9.17) is 16.3 Å². The summed E-state index contributed by atoms with van der Waals surface area (Å²) in [5.74, 6) is -1.05. The number of hydrogen-bond donors (Lipinski definition) is 0. The normalized spacial score (nSPS) is 12.3. The Balaban J connectivity index is 1.74. The fraction of sp³-hybridized carbons (Fsp3) is 0.286. The van der Waals surface area contributed by atoms with Crippen LogP contribution >= 0.6 is 22.9 Å². The molecule has 0 saturated carbocycles. The summed E-state index contributed by atoms with van der Waals surface area (Å²) in [7, 11) is -3.51. The number of hydrogen-bond acceptors (Lipinski definition) is 6. The van der Waals surface area contributed by atoms with Crippen molar-refractivity contribution in [2.24, 2.45) is 4.99 Å². The van der Waals surface area contributed by atoms with E-state index in [-0.39, 0.29) is 36.6 Å². The summed E-state index contributed by atoms with van der Waals surface area (Å²) in [4.78, 5) is 29.1. The van der Waals surface area contributed by atoms with Gasteiger partial charge in [-0.2, -0.15) is 4.99 Å². The Morgan fingerprint density at radius 2 is 1.84 bits per heavy atom. The van der Waals surface area contributed by atoms with Crippen LogP contribution in [0.25, 0.3) is 10.2 Å². The molecule has 3 aromatic rings. The zero-order valence-electron chi connectivity index (χ0n) is 16.8. The monoisotopic (exact) mass is 480 g/mol. The van der Waals surface area contributed by atoms with Gasteiger partial charge in [0.15, 0.2) is 14.6 Å². The van der Waals surface area contributed by atoms with E-state index < -0.39 is 21.7 Å². The summed E-state index contributed by atoms with van der Waals surface area (Å²) >= 11 is 7.08. The molecule has 0 bridgehead atoms. The van der Waals surface area contributed by atoms with Crippen molar-refractivity contribution in [2.75, 3.05) is 12.4 Å². The Labute approximate surface area is 188 Å². The predicted octanol–water partition coefficient (Wildman–Crippen LogP) is 3.60. The van der Waals surface area contributed by atoms with Crippen molar-refractivity contribution in [3.63, 3.8) is 0 Å². The van der Waals surface area contributed by atoms with Crippen LogP contribution in [0, 0.1) is 0 Å². The first-order valence-electron chi connectivity index (χ1n) is 9.60. The third kappa shape index (κ3) is 6.03. The van der Waals surface area contributed by atoms with Crippen LogP contribution in [0.15, 0.2) is 58.4 Å². The van der Waals surface area contributed by atoms with Crippen molar-refractivity contribution < 1.29 is 22.7 Å². The van der Waals surface area contributed by atoms with Gasteiger partial charge in [-0.3, -0.25) is 9.59 Å². The first kappa shape index (κ1) is 23.2. The number of esters is 1. The Morgan fingerprint density at radius 3 is 2.55 bits per heavy atom. The zero-order chi connectivity index (χ0) is 22.4. The minimum atomic E-state index is -3.51. The fourth-order valence-electron chi connectivity index (χ4n) is 2.93. The summed E-state index contributed by atoms with van der Waals surface area (Å²) in [6.45, 7) is 1.92. The van der Waals surface area contributed by atoms with Gasteiger partial charge in [-0.1, -0.05) is 35.1 Å². The lowest BCUT2D eigenvalue weighted by Crippen LogP contribution is -2.23. The van der Waals surface area contributed by atoms with E-state index in [1.807, 2.05) is 24.3 Å². The van der Waals surface area contributed by atoms with Gasteiger partial charge in [0.25, 0.3) is 0 Å². The number of carbonyl (C=O) groups is 2. The number of rotatable bonds is 8. The number of aromatic nitrogens is 1. The highest BCUT2D eigenvalue weighted by atomic mass is 35.5. The van der Waals surface area contributed by atoms with Gasteiger partial charge in [-0.05, 0) is 49.7 Å². The maximum Gasteiger partial charge on any atom is 0.326 e. The molecule has 0 fully saturated rings. The van der Waals surface area contributed by atoms with Crippen molar-refractivity contribution in [1.29, 1.82) is 0 Å². The SMILES string of the molecule is CCOC(=O)Cn1c(=NC(=O)CCCS(=O)(=O)c2ccc(Cl)cc2)sc2ccccc21. The summed E-state index contributed by atoms with van der Waals surface area (Å²) in [6, 6.07) is 13.3. The number of sulfone groups is 1. The molecule has 10 heteroatoms. The van der Waals surface area contributed by atoms with Crippen molar-refractivity contribution in [3.8, 4) is 0 Å². The maximum absolute atomic E-state index is 12.4. The van der Waals surface area contributed by atoms with Gasteiger partial charge in [0, 0.05) is 11.4 Å². The van der Waals surface area contributed by atoms with Crippen LogP contribution in [0.5, 0.6) is 0 Å². The second-order valence-corrected chi connectivity index (χ2v) is 10.2. The average Bonchev–Trinajstić information content (AvgIpc) is 3.05. The van der Waals surface area contributed by atoms with Gasteiger partial charge in [0.05, 0.1) is 27.5 Å². The van der Waals surface area contributed by atoms with E-state index in [0.717, 1.165) is 10.2 Å². The molecule has 0 radical (unpaired) electrons. The molecule has 0 aliphatic rings. The first-order chi connectivity index (χ1) is 14.8. The highest BCUT2D eigenvalue weighted by molar-refractivity contribution is 7.91. The molecular weight excluding hydrogens is 460 g/mol. The van der Waals surface area contributed by atoms with Crippen LogP contribution in [0.1, 0.15) is 19.8 Å². The number of fused-ring (bicyclic) bond motifs is 1. The number of halogens is 1. The quantitative estimate of drug-likeness (QED) is 0.459. The van der Waals surface area contributed by atoms with E-state index in [0.29, 0.717) is 9.82 Å². The highest BCUT2D eigenvalue weighted by Gasteiger charge is 2.16. The molecule has 3 rings (SSSR count). The van der Waals surface area contributed by atoms with Gasteiger partial charge in [0.1, 0.15) is 6.54 Å². The van der Waals surface area contributed by atoms with Gasteiger partial charge in [-0.25, -0.2) is 8.42 Å². The Hall–Kier alpha value is -2.49. The molecule has 7 nitrogen and oxygen atoms in total. The molecule has 0 saturated heterocycles. The van der Waals surface area contributed by atoms with Crippen LogP contribution in [-0.2, 0) is 30.7 Å². The van der Waals surface area contributed by atoms with Crippen molar-refractivity contribution in [3.05, 3.63) is 58.4 Å². The summed E-state index contributed by atoms with van der Waals surface area (Å²) < 4.78 is 32.3. The van der Waals surface area contributed by atoms with Crippen LogP contribution in [0.4, 0.5) is 0 Å². The molecule has 1 amide bonds. The number of benzene rings is 2. The molecular formula is C21H21ClN2O5S2. The van der Waals surface area contributed by atoms with Gasteiger partial charge < -0.3 is 9.30 Å². The smallest absolute Gasteiger partial charge is 0.326 e. The summed E-state index contributed by atoms with van der Waals surface area (Å²) in [5, 5.41) is 0.451. The third-order valence-electron chi connectivity index (χ3n) is 4.38. The van der Waals surface area contributed by atoms with Crippen molar-refractivity contribution >= 4 is 54.9 Å².